The molecular formula is C21H23F3N4O4. The van der Waals surface area contributed by atoms with Gasteiger partial charge in [-0.25, -0.2) is 4.98 Å². The average Bonchev–Trinajstić information content (AvgIpc) is 3.09. The van der Waals surface area contributed by atoms with Crippen molar-refractivity contribution in [1.82, 2.24) is 19.8 Å². The molecule has 1 aliphatic rings. The number of ether oxygens (including phenoxy) is 2. The third-order valence-corrected chi connectivity index (χ3v) is 4.90. The van der Waals surface area contributed by atoms with Crippen molar-refractivity contribution in [3.63, 3.8) is 0 Å². The predicted molar refractivity (Wildman–Crippen MR) is 109 cm³/mol. The highest BCUT2D eigenvalue weighted by Crippen LogP contribution is 2.31. The van der Waals surface area contributed by atoms with Gasteiger partial charge in [0.25, 0.3) is 6.47 Å². The zero-order chi connectivity index (χ0) is 23.5. The number of aryl methyl sites for hydroxylation is 1. The Balaban J connectivity index is 1.70. The summed E-state index contributed by atoms with van der Waals surface area (Å²) in [7, 11) is 3.12. The highest BCUT2D eigenvalue weighted by Gasteiger charge is 2.33. The summed E-state index contributed by atoms with van der Waals surface area (Å²) >= 11 is 0. The molecule has 32 heavy (non-hydrogen) atoms. The largest absolute Gasteiger partial charge is 0.572 e. The summed E-state index contributed by atoms with van der Waals surface area (Å²) in [6, 6.07) is 5.79. The minimum Gasteiger partial charge on any atom is -0.431 e. The number of likely N-dealkylation sites (N-methyl/N-ethyl adjacent to an activating group) is 2. The van der Waals surface area contributed by atoms with Crippen LogP contribution in [0.2, 0.25) is 0 Å². The number of amides is 1. The number of benzene rings is 1. The van der Waals surface area contributed by atoms with E-state index in [0.717, 1.165) is 22.7 Å². The average molecular weight is 452 g/mol. The van der Waals surface area contributed by atoms with Crippen molar-refractivity contribution in [2.75, 3.05) is 20.6 Å². The Labute approximate surface area is 182 Å². The first-order chi connectivity index (χ1) is 15.1. The van der Waals surface area contributed by atoms with Gasteiger partial charge in [-0.05, 0) is 24.6 Å². The van der Waals surface area contributed by atoms with Gasteiger partial charge in [0, 0.05) is 33.0 Å². The minimum absolute atomic E-state index is 0.0305. The Bertz CT molecular complexity index is 1070. The lowest BCUT2D eigenvalue weighted by molar-refractivity contribution is -0.306. The fourth-order valence-corrected chi connectivity index (χ4v) is 3.37. The number of carbonyl (C=O) groups excluding carboxylic acids is 2. The lowest BCUT2D eigenvalue weighted by atomic mass is 10.1. The molecule has 11 heteroatoms. The van der Waals surface area contributed by atoms with Crippen LogP contribution in [0.25, 0.3) is 11.0 Å². The van der Waals surface area contributed by atoms with E-state index in [1.54, 1.807) is 7.05 Å². The molecule has 8 nitrogen and oxygen atoms in total. The number of hydrogen-bond acceptors (Lipinski definition) is 6. The van der Waals surface area contributed by atoms with Crippen molar-refractivity contribution in [2.45, 2.75) is 32.7 Å². The molecule has 1 aromatic heterocycles. The maximum atomic E-state index is 12.7. The molecule has 0 fully saturated rings. The molecule has 1 aliphatic carbocycles. The van der Waals surface area contributed by atoms with Crippen LogP contribution in [-0.4, -0.2) is 59.1 Å². The topological polar surface area (TPSA) is 87.8 Å². The van der Waals surface area contributed by atoms with E-state index in [0.29, 0.717) is 5.82 Å². The van der Waals surface area contributed by atoms with Gasteiger partial charge in [0.1, 0.15) is 17.3 Å². The number of aromatic amines is 1. The minimum atomic E-state index is -4.83. The van der Waals surface area contributed by atoms with E-state index in [4.69, 9.17) is 4.74 Å². The predicted octanol–water partition coefficient (Wildman–Crippen LogP) is 3.36. The summed E-state index contributed by atoms with van der Waals surface area (Å²) in [5, 5.41) is 0. The standard InChI is InChI=1S/C21H23F3N4O4/c1-13-4-6-15-16(8-13)26-19(25-15)10-28(3)20(30)11-27(2)17-9-14(32-21(22,23)24)5-7-18(17)31-12-29/h4,6,8-9,12H,5,7,10-11H2,1-3H3,(H,25,26). The Morgan fingerprint density at radius 2 is 2.03 bits per heavy atom. The Morgan fingerprint density at radius 1 is 1.28 bits per heavy atom. The molecule has 1 heterocycles. The van der Waals surface area contributed by atoms with Crippen LogP contribution in [-0.2, 0) is 25.6 Å². The van der Waals surface area contributed by atoms with E-state index in [1.165, 1.54) is 16.8 Å². The van der Waals surface area contributed by atoms with Crippen molar-refractivity contribution in [2.24, 2.45) is 0 Å². The van der Waals surface area contributed by atoms with Crippen LogP contribution in [0.4, 0.5) is 13.2 Å². The van der Waals surface area contributed by atoms with Crippen molar-refractivity contribution in [3.8, 4) is 0 Å². The molecule has 0 saturated heterocycles. The van der Waals surface area contributed by atoms with Crippen LogP contribution in [0.5, 0.6) is 0 Å². The number of halogens is 3. The summed E-state index contributed by atoms with van der Waals surface area (Å²) in [5.41, 5.74) is 2.90. The molecule has 0 spiro atoms. The van der Waals surface area contributed by atoms with Gasteiger partial charge in [0.05, 0.1) is 29.8 Å². The normalized spacial score (nSPS) is 14.2. The van der Waals surface area contributed by atoms with Crippen LogP contribution in [0.15, 0.2) is 41.5 Å². The van der Waals surface area contributed by atoms with Crippen molar-refractivity contribution >= 4 is 23.4 Å². The molecular weight excluding hydrogens is 429 g/mol. The Morgan fingerprint density at radius 3 is 2.72 bits per heavy atom. The second kappa shape index (κ2) is 9.33. The van der Waals surface area contributed by atoms with Crippen LogP contribution in [0.1, 0.15) is 24.2 Å². The smallest absolute Gasteiger partial charge is 0.431 e. The SMILES string of the molecule is Cc1ccc2nc(CN(C)C(=O)CN(C)C3=C(OC=O)CCC(OC(F)(F)F)=C3)[nH]c2c1. The first-order valence-corrected chi connectivity index (χ1v) is 9.76. The van der Waals surface area contributed by atoms with Crippen molar-refractivity contribution in [1.29, 1.82) is 0 Å². The summed E-state index contributed by atoms with van der Waals surface area (Å²) in [6.45, 7) is 2.22. The molecule has 0 unspecified atom stereocenters. The number of rotatable bonds is 8. The second-order valence-corrected chi connectivity index (χ2v) is 7.49. The number of imidazole rings is 1. The van der Waals surface area contributed by atoms with Crippen molar-refractivity contribution in [3.05, 3.63) is 52.9 Å². The summed E-state index contributed by atoms with van der Waals surface area (Å²) < 4.78 is 46.7. The molecule has 1 aromatic carbocycles. The number of allylic oxidation sites excluding steroid dienone is 3. The number of carbonyl (C=O) groups is 2. The van der Waals surface area contributed by atoms with Gasteiger partial charge < -0.3 is 24.3 Å². The number of aromatic nitrogens is 2. The maximum Gasteiger partial charge on any atom is 0.572 e. The first-order valence-electron chi connectivity index (χ1n) is 9.76. The molecule has 0 atom stereocenters. The monoisotopic (exact) mass is 452 g/mol. The summed E-state index contributed by atoms with van der Waals surface area (Å²) in [4.78, 5) is 34.0. The van der Waals surface area contributed by atoms with Gasteiger partial charge in [0.2, 0.25) is 5.91 Å². The lowest BCUT2D eigenvalue weighted by Gasteiger charge is -2.28. The quantitative estimate of drug-likeness (QED) is 0.618. The lowest BCUT2D eigenvalue weighted by Crippen LogP contribution is -2.36. The zero-order valence-corrected chi connectivity index (χ0v) is 17.8. The molecule has 0 aliphatic heterocycles. The van der Waals surface area contributed by atoms with E-state index in [2.05, 4.69) is 14.7 Å². The van der Waals surface area contributed by atoms with Gasteiger partial charge in [-0.15, -0.1) is 13.2 Å². The molecule has 3 rings (SSSR count). The van der Waals surface area contributed by atoms with E-state index < -0.39 is 6.36 Å². The van der Waals surface area contributed by atoms with Gasteiger partial charge in [-0.3, -0.25) is 9.59 Å². The van der Waals surface area contributed by atoms with Crippen LogP contribution >= 0.6 is 0 Å². The second-order valence-electron chi connectivity index (χ2n) is 7.49. The number of nitrogens with zero attached hydrogens (tertiary/aromatic N) is 3. The highest BCUT2D eigenvalue weighted by molar-refractivity contribution is 5.79. The number of hydrogen-bond donors (Lipinski definition) is 1. The summed E-state index contributed by atoms with van der Waals surface area (Å²) in [6.07, 6.45) is -3.76. The summed E-state index contributed by atoms with van der Waals surface area (Å²) in [5.74, 6) is 0.141. The highest BCUT2D eigenvalue weighted by atomic mass is 19.4. The van der Waals surface area contributed by atoms with E-state index in [1.807, 2.05) is 25.1 Å². The van der Waals surface area contributed by atoms with Gasteiger partial charge >= 0.3 is 6.36 Å². The molecule has 172 valence electrons. The van der Waals surface area contributed by atoms with Crippen molar-refractivity contribution < 1.29 is 32.2 Å². The molecule has 2 aromatic rings. The van der Waals surface area contributed by atoms with Crippen LogP contribution in [0, 0.1) is 6.92 Å². The van der Waals surface area contributed by atoms with E-state index >= 15 is 0 Å². The fourth-order valence-electron chi connectivity index (χ4n) is 3.37. The zero-order valence-electron chi connectivity index (χ0n) is 17.8. The number of H-pyrrole nitrogens is 1. The first kappa shape index (κ1) is 23.2. The Hall–Kier alpha value is -3.50. The third-order valence-electron chi connectivity index (χ3n) is 4.90. The molecule has 0 saturated carbocycles. The Kier molecular flexibility index (Phi) is 6.75. The number of nitrogens with one attached hydrogen (secondary N) is 1. The van der Waals surface area contributed by atoms with E-state index in [9.17, 15) is 22.8 Å². The number of alkyl halides is 3. The molecule has 0 bridgehead atoms. The maximum absolute atomic E-state index is 12.7. The third kappa shape index (κ3) is 5.80. The number of fused-ring (bicyclic) bond motifs is 1. The van der Waals surface area contributed by atoms with Crippen LogP contribution < -0.4 is 0 Å². The van der Waals surface area contributed by atoms with Crippen LogP contribution in [0.3, 0.4) is 0 Å². The molecule has 1 N–H and O–H groups in total. The van der Waals surface area contributed by atoms with Gasteiger partial charge in [-0.1, -0.05) is 6.07 Å². The molecule has 0 radical (unpaired) electrons. The fraction of sp³-hybridized carbons (Fsp3) is 0.381. The van der Waals surface area contributed by atoms with Gasteiger partial charge in [-0.2, -0.15) is 0 Å². The van der Waals surface area contributed by atoms with E-state index in [-0.39, 0.29) is 55.5 Å². The van der Waals surface area contributed by atoms with Gasteiger partial charge in [0.15, 0.2) is 0 Å². The molecule has 1 amide bonds.